The van der Waals surface area contributed by atoms with E-state index >= 15 is 0 Å². The molecule has 0 aliphatic heterocycles. The predicted octanol–water partition coefficient (Wildman–Crippen LogP) is 21.4. The van der Waals surface area contributed by atoms with Crippen LogP contribution in [0.25, 0.3) is 99.5 Å². The van der Waals surface area contributed by atoms with Gasteiger partial charge in [-0.25, -0.2) is 0 Å². The number of fused-ring (bicyclic) bond motifs is 6. The molecule has 370 valence electrons. The van der Waals surface area contributed by atoms with E-state index in [0.717, 1.165) is 123 Å². The molecule has 14 aromatic rings. The lowest BCUT2D eigenvalue weighted by molar-refractivity contribution is 0.668. The third-order valence-corrected chi connectivity index (χ3v) is 15.4. The van der Waals surface area contributed by atoms with E-state index in [9.17, 15) is 0 Å². The summed E-state index contributed by atoms with van der Waals surface area (Å²) in [5, 5.41) is 4.50. The van der Waals surface area contributed by atoms with Gasteiger partial charge in [-0.2, -0.15) is 0 Å². The highest BCUT2D eigenvalue weighted by Gasteiger charge is 2.22. The van der Waals surface area contributed by atoms with Crippen LogP contribution in [0.1, 0.15) is 11.1 Å². The molecule has 78 heavy (non-hydrogen) atoms. The van der Waals surface area contributed by atoms with Crippen LogP contribution < -0.4 is 9.80 Å². The van der Waals surface area contributed by atoms with Crippen molar-refractivity contribution in [1.82, 2.24) is 0 Å². The molecule has 4 heteroatoms. The van der Waals surface area contributed by atoms with Gasteiger partial charge in [0.1, 0.15) is 22.3 Å². The highest BCUT2D eigenvalue weighted by Crippen LogP contribution is 2.46. The molecular formula is C74H52N2O2. The van der Waals surface area contributed by atoms with E-state index in [1.807, 2.05) is 24.3 Å². The Morgan fingerprint density at radius 3 is 1.00 bits per heavy atom. The normalized spacial score (nSPS) is 11.5. The van der Waals surface area contributed by atoms with Crippen molar-refractivity contribution in [2.45, 2.75) is 13.8 Å². The molecule has 0 N–H and O–H groups in total. The van der Waals surface area contributed by atoms with E-state index in [1.54, 1.807) is 0 Å². The third kappa shape index (κ3) is 8.37. The summed E-state index contributed by atoms with van der Waals surface area (Å²) in [4.78, 5) is 4.80. The molecule has 0 atom stereocenters. The second-order valence-corrected chi connectivity index (χ2v) is 20.1. The lowest BCUT2D eigenvalue weighted by atomic mass is 9.94. The van der Waals surface area contributed by atoms with Crippen LogP contribution in [0.4, 0.5) is 34.1 Å². The Balaban J connectivity index is 0.832. The van der Waals surface area contributed by atoms with Gasteiger partial charge in [-0.1, -0.05) is 182 Å². The molecule has 0 radical (unpaired) electrons. The molecule has 2 heterocycles. The van der Waals surface area contributed by atoms with Crippen molar-refractivity contribution >= 4 is 78.0 Å². The molecule has 14 rings (SSSR count). The zero-order chi connectivity index (χ0) is 52.1. The van der Waals surface area contributed by atoms with E-state index < -0.39 is 0 Å². The van der Waals surface area contributed by atoms with Crippen molar-refractivity contribution in [2.24, 2.45) is 0 Å². The number of hydrogen-bond donors (Lipinski definition) is 0. The minimum atomic E-state index is 0.897. The Hall–Kier alpha value is -10.2. The summed E-state index contributed by atoms with van der Waals surface area (Å²) in [5.41, 5.74) is 24.1. The minimum absolute atomic E-state index is 0.897. The molecule has 2 aromatic heterocycles. The molecule has 0 aliphatic rings. The number of benzene rings is 12. The number of nitrogens with zero attached hydrogens (tertiary/aromatic N) is 2. The molecule has 0 saturated heterocycles. The van der Waals surface area contributed by atoms with E-state index in [0.29, 0.717) is 0 Å². The molecule has 12 aromatic carbocycles. The van der Waals surface area contributed by atoms with E-state index in [2.05, 4.69) is 278 Å². The van der Waals surface area contributed by atoms with Crippen molar-refractivity contribution in [2.75, 3.05) is 9.80 Å². The maximum absolute atomic E-state index is 6.18. The molecule has 0 spiro atoms. The summed E-state index contributed by atoms with van der Waals surface area (Å²) in [5.74, 6) is 0. The first-order valence-corrected chi connectivity index (χ1v) is 26.6. The summed E-state index contributed by atoms with van der Waals surface area (Å²) in [6.45, 7) is 4.48. The number of anilines is 6. The van der Waals surface area contributed by atoms with Crippen molar-refractivity contribution in [3.05, 3.63) is 290 Å². The first-order valence-electron chi connectivity index (χ1n) is 26.6. The molecule has 0 fully saturated rings. The van der Waals surface area contributed by atoms with Crippen LogP contribution in [0.2, 0.25) is 0 Å². The molecule has 0 aliphatic carbocycles. The van der Waals surface area contributed by atoms with Crippen LogP contribution in [-0.4, -0.2) is 0 Å². The van der Waals surface area contributed by atoms with Gasteiger partial charge >= 0.3 is 0 Å². The number of rotatable bonds is 11. The van der Waals surface area contributed by atoms with Gasteiger partial charge in [0.15, 0.2) is 0 Å². The van der Waals surface area contributed by atoms with Crippen LogP contribution in [0, 0.1) is 13.8 Å². The SMILES string of the molecule is Cc1cc(N(c2ccc(-c3ccc4oc5ccccc5c4c3)cc2)c2ccccc2-c2ccccc2)ccc1-c1ccc(N(c2ccc(-c3ccc4oc5ccccc5c4c3)cc2)c2ccccc2-c2ccccc2)cc1C. The van der Waals surface area contributed by atoms with Gasteiger partial charge in [0.2, 0.25) is 0 Å². The summed E-state index contributed by atoms with van der Waals surface area (Å²) in [6, 6.07) is 100. The van der Waals surface area contributed by atoms with Crippen molar-refractivity contribution in [3.63, 3.8) is 0 Å². The van der Waals surface area contributed by atoms with Crippen molar-refractivity contribution < 1.29 is 8.83 Å². The van der Waals surface area contributed by atoms with Crippen molar-refractivity contribution in [3.8, 4) is 55.6 Å². The Bertz CT molecular complexity index is 4220. The molecular weight excluding hydrogens is 949 g/mol. The van der Waals surface area contributed by atoms with Gasteiger partial charge in [-0.15, -0.1) is 0 Å². The van der Waals surface area contributed by atoms with Gasteiger partial charge in [0.25, 0.3) is 0 Å². The summed E-state index contributed by atoms with van der Waals surface area (Å²) >= 11 is 0. The van der Waals surface area contributed by atoms with Crippen LogP contribution in [0.5, 0.6) is 0 Å². The quantitative estimate of drug-likeness (QED) is 0.129. The van der Waals surface area contributed by atoms with Crippen molar-refractivity contribution in [1.29, 1.82) is 0 Å². The minimum Gasteiger partial charge on any atom is -0.456 e. The van der Waals surface area contributed by atoms with Gasteiger partial charge in [-0.3, -0.25) is 0 Å². The largest absolute Gasteiger partial charge is 0.456 e. The number of furan rings is 2. The number of para-hydroxylation sites is 4. The second-order valence-electron chi connectivity index (χ2n) is 20.1. The molecule has 0 saturated carbocycles. The summed E-state index contributed by atoms with van der Waals surface area (Å²) in [6.07, 6.45) is 0. The first-order chi connectivity index (χ1) is 38.5. The van der Waals surface area contributed by atoms with Gasteiger partial charge < -0.3 is 18.6 Å². The predicted molar refractivity (Wildman–Crippen MR) is 327 cm³/mol. The number of aryl methyl sites for hydroxylation is 2. The maximum Gasteiger partial charge on any atom is 0.135 e. The lowest BCUT2D eigenvalue weighted by Crippen LogP contribution is -2.12. The summed E-state index contributed by atoms with van der Waals surface area (Å²) in [7, 11) is 0. The van der Waals surface area contributed by atoms with Gasteiger partial charge in [0, 0.05) is 55.4 Å². The fourth-order valence-corrected chi connectivity index (χ4v) is 11.5. The highest BCUT2D eigenvalue weighted by molar-refractivity contribution is 6.07. The standard InChI is InChI=1S/C74H52N2O2/c1-49-45-59(75(69-25-13-9-21-63(69)53-17-5-3-6-18-53)57-35-29-51(30-36-57)55-33-43-73-67(47-55)65-23-11-15-27-71(65)77-73)39-41-61(49)62-42-40-60(46-50(62)2)76(70-26-14-10-22-64(70)54-19-7-4-8-20-54)58-37-31-52(32-38-58)56-34-44-74-68(48-56)66-24-12-16-28-72(66)78-74/h3-48H,1-2H3. The van der Waals surface area contributed by atoms with Crippen LogP contribution in [0.15, 0.2) is 288 Å². The van der Waals surface area contributed by atoms with Gasteiger partial charge in [0.05, 0.1) is 11.4 Å². The third-order valence-electron chi connectivity index (χ3n) is 15.4. The Kier molecular flexibility index (Phi) is 11.6. The van der Waals surface area contributed by atoms with Gasteiger partial charge in [-0.05, 0) is 167 Å². The zero-order valence-electron chi connectivity index (χ0n) is 43.3. The molecule has 0 amide bonds. The van der Waals surface area contributed by atoms with E-state index in [4.69, 9.17) is 8.83 Å². The van der Waals surface area contributed by atoms with E-state index in [-0.39, 0.29) is 0 Å². The average Bonchev–Trinajstić information content (AvgIpc) is 4.19. The van der Waals surface area contributed by atoms with Crippen LogP contribution >= 0.6 is 0 Å². The Morgan fingerprint density at radius 1 is 0.231 bits per heavy atom. The summed E-state index contributed by atoms with van der Waals surface area (Å²) < 4.78 is 12.4. The fraction of sp³-hybridized carbons (Fsp3) is 0.0270. The topological polar surface area (TPSA) is 32.8 Å². The lowest BCUT2D eigenvalue weighted by Gasteiger charge is -2.29. The second kappa shape index (κ2) is 19.5. The number of hydrogen-bond acceptors (Lipinski definition) is 4. The average molecular weight is 1000 g/mol. The van der Waals surface area contributed by atoms with E-state index in [1.165, 1.54) is 22.3 Å². The first kappa shape index (κ1) is 46.4. The zero-order valence-corrected chi connectivity index (χ0v) is 43.3. The Morgan fingerprint density at radius 2 is 0.577 bits per heavy atom. The monoisotopic (exact) mass is 1000 g/mol. The van der Waals surface area contributed by atoms with Crippen LogP contribution in [-0.2, 0) is 0 Å². The molecule has 0 bridgehead atoms. The maximum atomic E-state index is 6.18. The fourth-order valence-electron chi connectivity index (χ4n) is 11.5. The Labute approximate surface area is 454 Å². The van der Waals surface area contributed by atoms with Crippen LogP contribution in [0.3, 0.4) is 0 Å². The molecule has 0 unspecified atom stereocenters. The highest BCUT2D eigenvalue weighted by atomic mass is 16.3. The smallest absolute Gasteiger partial charge is 0.135 e. The molecule has 4 nitrogen and oxygen atoms in total.